The third kappa shape index (κ3) is 3.93. The predicted molar refractivity (Wildman–Crippen MR) is 79.0 cm³/mol. The van der Waals surface area contributed by atoms with Crippen molar-refractivity contribution in [1.82, 2.24) is 9.88 Å². The lowest BCUT2D eigenvalue weighted by atomic mass is 9.74. The van der Waals surface area contributed by atoms with E-state index in [1.807, 2.05) is 0 Å². The zero-order valence-electron chi connectivity index (χ0n) is 12.8. The number of rotatable bonds is 6. The van der Waals surface area contributed by atoms with Gasteiger partial charge in [-0.25, -0.2) is 0 Å². The van der Waals surface area contributed by atoms with Crippen molar-refractivity contribution in [2.45, 2.75) is 46.2 Å². The van der Waals surface area contributed by atoms with Crippen LogP contribution in [0.1, 0.15) is 34.1 Å². The number of nitrogens with zero attached hydrogens (tertiary/aromatic N) is 1. The molecule has 2 N–H and O–H groups in total. The molecule has 1 heterocycles. The number of pyridine rings is 1. The van der Waals surface area contributed by atoms with E-state index in [4.69, 9.17) is 0 Å². The highest BCUT2D eigenvalue weighted by Crippen LogP contribution is 2.30. The van der Waals surface area contributed by atoms with E-state index < -0.39 is 16.9 Å². The van der Waals surface area contributed by atoms with E-state index in [1.54, 1.807) is 46.0 Å². The second kappa shape index (κ2) is 6.11. The largest absolute Gasteiger partial charge is 0.481 e. The van der Waals surface area contributed by atoms with Crippen molar-refractivity contribution in [1.29, 1.82) is 0 Å². The van der Waals surface area contributed by atoms with Crippen LogP contribution in [0, 0.1) is 5.41 Å². The molecule has 0 aromatic carbocycles. The van der Waals surface area contributed by atoms with Crippen LogP contribution in [0.4, 0.5) is 0 Å². The molecule has 0 bridgehead atoms. The lowest BCUT2D eigenvalue weighted by Crippen LogP contribution is -2.57. The first kappa shape index (κ1) is 16.9. The minimum atomic E-state index is -1.10. The fraction of sp³-hybridized carbons (Fsp3) is 0.533. The summed E-state index contributed by atoms with van der Waals surface area (Å²) in [7, 11) is 0. The summed E-state index contributed by atoms with van der Waals surface area (Å²) in [6.45, 7) is 6.74. The molecule has 0 fully saturated rings. The summed E-state index contributed by atoms with van der Waals surface area (Å²) in [5.74, 6) is -1.27. The van der Waals surface area contributed by atoms with Crippen molar-refractivity contribution in [3.63, 3.8) is 0 Å². The van der Waals surface area contributed by atoms with Crippen LogP contribution >= 0.6 is 0 Å². The first-order valence-corrected chi connectivity index (χ1v) is 6.78. The molecule has 0 radical (unpaired) electrons. The van der Waals surface area contributed by atoms with E-state index in [0.717, 1.165) is 0 Å². The Kier molecular flexibility index (Phi) is 4.93. The van der Waals surface area contributed by atoms with Gasteiger partial charge in [-0.15, -0.1) is 0 Å². The molecule has 1 aromatic heterocycles. The van der Waals surface area contributed by atoms with Gasteiger partial charge in [0.1, 0.15) is 0 Å². The summed E-state index contributed by atoms with van der Waals surface area (Å²) in [6, 6.07) is 4.78. The Morgan fingerprint density at radius 3 is 2.38 bits per heavy atom. The summed E-state index contributed by atoms with van der Waals surface area (Å²) in [5.41, 5.74) is -2.18. The van der Waals surface area contributed by atoms with E-state index in [-0.39, 0.29) is 24.4 Å². The maximum atomic E-state index is 12.0. The fourth-order valence-corrected chi connectivity index (χ4v) is 1.70. The van der Waals surface area contributed by atoms with Crippen molar-refractivity contribution in [2.75, 3.05) is 0 Å². The standard InChI is InChI=1S/C15H22N2O4/c1-14(2,13(20)21)15(3,4)16-11(18)8-10-17-9-6-5-7-12(17)19/h5-7,9H,8,10H2,1-4H3,(H,16,18)(H,20,21). The van der Waals surface area contributed by atoms with Crippen molar-refractivity contribution in [3.8, 4) is 0 Å². The number of hydrogen-bond acceptors (Lipinski definition) is 3. The van der Waals surface area contributed by atoms with E-state index >= 15 is 0 Å². The summed E-state index contributed by atoms with van der Waals surface area (Å²) in [4.78, 5) is 34.8. The van der Waals surface area contributed by atoms with Crippen molar-refractivity contribution >= 4 is 11.9 Å². The minimum Gasteiger partial charge on any atom is -0.481 e. The summed E-state index contributed by atoms with van der Waals surface area (Å²) < 4.78 is 1.44. The lowest BCUT2D eigenvalue weighted by Gasteiger charge is -2.38. The number of aliphatic carboxylic acids is 1. The molecule has 1 rings (SSSR count). The maximum Gasteiger partial charge on any atom is 0.311 e. The second-order valence-corrected chi connectivity index (χ2v) is 6.09. The van der Waals surface area contributed by atoms with Crippen LogP contribution in [-0.4, -0.2) is 27.1 Å². The molecule has 6 nitrogen and oxygen atoms in total. The molecule has 1 amide bonds. The molecule has 0 saturated heterocycles. The number of amides is 1. The fourth-order valence-electron chi connectivity index (χ4n) is 1.70. The number of carbonyl (C=O) groups excluding carboxylic acids is 1. The molecule has 0 unspecified atom stereocenters. The third-order valence-corrected chi connectivity index (χ3v) is 4.03. The molecule has 0 aliphatic carbocycles. The first-order chi connectivity index (χ1) is 9.58. The first-order valence-electron chi connectivity index (χ1n) is 6.78. The van der Waals surface area contributed by atoms with Crippen LogP contribution in [-0.2, 0) is 16.1 Å². The Labute approximate surface area is 123 Å². The molecule has 21 heavy (non-hydrogen) atoms. The average molecular weight is 294 g/mol. The maximum absolute atomic E-state index is 12.0. The molecule has 1 aromatic rings. The van der Waals surface area contributed by atoms with Gasteiger partial charge in [-0.3, -0.25) is 14.4 Å². The Morgan fingerprint density at radius 1 is 1.24 bits per heavy atom. The highest BCUT2D eigenvalue weighted by molar-refractivity contribution is 5.80. The van der Waals surface area contributed by atoms with Crippen LogP contribution in [0.25, 0.3) is 0 Å². The molecule has 0 spiro atoms. The van der Waals surface area contributed by atoms with Gasteiger partial charge in [-0.2, -0.15) is 0 Å². The molecule has 0 saturated carbocycles. The third-order valence-electron chi connectivity index (χ3n) is 4.03. The molecular formula is C15H22N2O4. The normalized spacial score (nSPS) is 12.0. The van der Waals surface area contributed by atoms with Gasteiger partial charge in [0.2, 0.25) is 5.91 Å². The van der Waals surface area contributed by atoms with Crippen LogP contribution in [0.3, 0.4) is 0 Å². The Hall–Kier alpha value is -2.11. The quantitative estimate of drug-likeness (QED) is 0.826. The van der Waals surface area contributed by atoms with Crippen LogP contribution in [0.2, 0.25) is 0 Å². The Balaban J connectivity index is 2.68. The van der Waals surface area contributed by atoms with E-state index in [9.17, 15) is 19.5 Å². The topological polar surface area (TPSA) is 88.4 Å². The van der Waals surface area contributed by atoms with Gasteiger partial charge in [-0.05, 0) is 33.8 Å². The summed E-state index contributed by atoms with van der Waals surface area (Å²) >= 11 is 0. The Bertz CT molecular complexity index is 587. The number of carbonyl (C=O) groups is 2. The number of aryl methyl sites for hydroxylation is 1. The highest BCUT2D eigenvalue weighted by Gasteiger charge is 2.44. The average Bonchev–Trinajstić information content (AvgIpc) is 2.36. The second-order valence-electron chi connectivity index (χ2n) is 6.09. The minimum absolute atomic E-state index is 0.114. The van der Waals surface area contributed by atoms with Gasteiger partial charge < -0.3 is 15.0 Å². The molecule has 0 aliphatic heterocycles. The predicted octanol–water partition coefficient (Wildman–Crippen LogP) is 1.24. The number of nitrogens with one attached hydrogen (secondary N) is 1. The van der Waals surface area contributed by atoms with Gasteiger partial charge in [0.15, 0.2) is 0 Å². The van der Waals surface area contributed by atoms with Crippen LogP contribution in [0.15, 0.2) is 29.2 Å². The number of carboxylic acids is 1. The van der Waals surface area contributed by atoms with Gasteiger partial charge in [0.05, 0.1) is 5.41 Å². The van der Waals surface area contributed by atoms with E-state index in [0.29, 0.717) is 0 Å². The Morgan fingerprint density at radius 2 is 1.86 bits per heavy atom. The van der Waals surface area contributed by atoms with Gasteiger partial charge >= 0.3 is 5.97 Å². The molecule has 0 atom stereocenters. The molecule has 6 heteroatoms. The molecular weight excluding hydrogens is 272 g/mol. The summed E-state index contributed by atoms with van der Waals surface area (Å²) in [5, 5.41) is 12.0. The zero-order valence-corrected chi connectivity index (χ0v) is 12.8. The smallest absolute Gasteiger partial charge is 0.311 e. The zero-order chi connectivity index (χ0) is 16.3. The SMILES string of the molecule is CC(C)(NC(=O)CCn1ccccc1=O)C(C)(C)C(=O)O. The van der Waals surface area contributed by atoms with E-state index in [1.165, 1.54) is 10.6 Å². The van der Waals surface area contributed by atoms with Crippen molar-refractivity contribution in [3.05, 3.63) is 34.7 Å². The number of hydrogen-bond donors (Lipinski definition) is 2. The van der Waals surface area contributed by atoms with Gasteiger partial charge in [0, 0.05) is 30.8 Å². The highest BCUT2D eigenvalue weighted by atomic mass is 16.4. The monoisotopic (exact) mass is 294 g/mol. The molecule has 0 aliphatic rings. The van der Waals surface area contributed by atoms with Crippen molar-refractivity contribution < 1.29 is 14.7 Å². The van der Waals surface area contributed by atoms with Crippen LogP contribution in [0.5, 0.6) is 0 Å². The number of aromatic nitrogens is 1. The lowest BCUT2D eigenvalue weighted by molar-refractivity contribution is -0.151. The summed E-state index contributed by atoms with van der Waals surface area (Å²) in [6.07, 6.45) is 1.73. The van der Waals surface area contributed by atoms with Gasteiger partial charge in [0.25, 0.3) is 5.56 Å². The molecule has 116 valence electrons. The van der Waals surface area contributed by atoms with Crippen molar-refractivity contribution in [2.24, 2.45) is 5.41 Å². The number of carboxylic acid groups (broad SMARTS) is 1. The van der Waals surface area contributed by atoms with E-state index in [2.05, 4.69) is 5.32 Å². The van der Waals surface area contributed by atoms with Gasteiger partial charge in [-0.1, -0.05) is 6.07 Å². The van der Waals surface area contributed by atoms with Crippen LogP contribution < -0.4 is 10.9 Å².